The Labute approximate surface area is 220 Å². The molecule has 2 N–H and O–H groups in total. The summed E-state index contributed by atoms with van der Waals surface area (Å²) in [4.78, 5) is 55.8. The van der Waals surface area contributed by atoms with E-state index in [0.29, 0.717) is 23.3 Å². The van der Waals surface area contributed by atoms with Crippen LogP contribution in [0, 0.1) is 11.3 Å². The number of hydrogen-bond acceptors (Lipinski definition) is 8. The highest BCUT2D eigenvalue weighted by molar-refractivity contribution is 6.06. The largest absolute Gasteiger partial charge is 0.427 e. The summed E-state index contributed by atoms with van der Waals surface area (Å²) >= 11 is 0. The van der Waals surface area contributed by atoms with Gasteiger partial charge in [0, 0.05) is 12.7 Å². The maximum atomic E-state index is 13.1. The first-order valence-electron chi connectivity index (χ1n) is 12.4. The van der Waals surface area contributed by atoms with Crippen LogP contribution in [0.15, 0.2) is 54.4 Å². The molecule has 200 valence electrons. The number of aromatic nitrogens is 1. The number of β-lactam (4-membered cyclic amide) rings is 1. The van der Waals surface area contributed by atoms with E-state index in [1.165, 1.54) is 11.1 Å². The van der Waals surface area contributed by atoms with Gasteiger partial charge in [-0.05, 0) is 69.0 Å². The van der Waals surface area contributed by atoms with Crippen molar-refractivity contribution in [3.8, 4) is 0 Å². The summed E-state index contributed by atoms with van der Waals surface area (Å²) in [6.45, 7) is 6.23. The second kappa shape index (κ2) is 10.7. The Hall–Kier alpha value is -4.05. The standard InChI is InChI=1S/C28H31N3O7/c1-16(32)22-21-13-19(23(31(21)25(22)34)26(35)37-15-38-27(36)28(2,3)4)18-9-7-8-17(12-18)14-30-24(33)20-10-5-6-11-29-20/h5-12,16,21-22,32H,13-15H2,1-4H3,(H,30,33)/t16-,21-,22-/m1/s1. The van der Waals surface area contributed by atoms with E-state index in [0.717, 1.165) is 5.56 Å². The van der Waals surface area contributed by atoms with E-state index in [-0.39, 0.29) is 30.1 Å². The highest BCUT2D eigenvalue weighted by atomic mass is 16.7. The molecule has 0 saturated carbocycles. The SMILES string of the molecule is C[C@@H](O)[C@H]1C(=O)N2C(C(=O)OCOC(=O)C(C)(C)C)=C(c3cccc(CNC(=O)c4ccccn4)c3)C[C@H]12. The average Bonchev–Trinajstić information content (AvgIpc) is 3.22. The molecule has 2 aromatic rings. The minimum absolute atomic E-state index is 0.0679. The van der Waals surface area contributed by atoms with Crippen LogP contribution in [0.25, 0.3) is 5.57 Å². The van der Waals surface area contributed by atoms with Crippen LogP contribution < -0.4 is 5.32 Å². The molecule has 0 unspecified atom stereocenters. The number of carbonyl (C=O) groups is 4. The van der Waals surface area contributed by atoms with Crippen LogP contribution in [-0.2, 0) is 30.4 Å². The molecule has 2 aliphatic heterocycles. The molecule has 10 nitrogen and oxygen atoms in total. The van der Waals surface area contributed by atoms with Crippen LogP contribution in [0.4, 0.5) is 0 Å². The molecule has 0 bridgehead atoms. The predicted octanol–water partition coefficient (Wildman–Crippen LogP) is 2.42. The van der Waals surface area contributed by atoms with Crippen LogP contribution in [0.5, 0.6) is 0 Å². The number of hydrogen-bond donors (Lipinski definition) is 2. The zero-order chi connectivity index (χ0) is 27.6. The molecule has 4 rings (SSSR count). The molecule has 3 heterocycles. The van der Waals surface area contributed by atoms with E-state index >= 15 is 0 Å². The van der Waals surface area contributed by atoms with Crippen molar-refractivity contribution < 1.29 is 33.8 Å². The second-order valence-electron chi connectivity index (χ2n) is 10.4. The van der Waals surface area contributed by atoms with Gasteiger partial charge in [0.05, 0.1) is 23.5 Å². The molecule has 3 atom stereocenters. The van der Waals surface area contributed by atoms with Crippen molar-refractivity contribution in [2.75, 3.05) is 6.79 Å². The maximum absolute atomic E-state index is 13.1. The Morgan fingerprint density at radius 1 is 1.16 bits per heavy atom. The number of esters is 2. The summed E-state index contributed by atoms with van der Waals surface area (Å²) in [5, 5.41) is 12.9. The van der Waals surface area contributed by atoms with Gasteiger partial charge in [-0.25, -0.2) is 4.79 Å². The molecule has 0 aliphatic carbocycles. The van der Waals surface area contributed by atoms with Gasteiger partial charge in [-0.15, -0.1) is 0 Å². The molecular weight excluding hydrogens is 490 g/mol. The molecule has 0 spiro atoms. The van der Waals surface area contributed by atoms with Crippen LogP contribution in [0.2, 0.25) is 0 Å². The van der Waals surface area contributed by atoms with Crippen molar-refractivity contribution in [3.63, 3.8) is 0 Å². The predicted molar refractivity (Wildman–Crippen MR) is 136 cm³/mol. The third-order valence-electron chi connectivity index (χ3n) is 6.54. The highest BCUT2D eigenvalue weighted by Crippen LogP contribution is 2.47. The number of fused-ring (bicyclic) bond motifs is 1. The van der Waals surface area contributed by atoms with Gasteiger partial charge < -0.3 is 24.8 Å². The Balaban J connectivity index is 1.55. The summed E-state index contributed by atoms with van der Waals surface area (Å²) in [5.74, 6) is -2.64. The Bertz CT molecular complexity index is 1280. The van der Waals surface area contributed by atoms with Gasteiger partial charge >= 0.3 is 11.9 Å². The first kappa shape index (κ1) is 27.0. The molecule has 2 amide bonds. The smallest absolute Gasteiger partial charge is 0.358 e. The number of amides is 2. The third kappa shape index (κ3) is 5.45. The number of benzene rings is 1. The third-order valence-corrected chi connectivity index (χ3v) is 6.54. The quantitative estimate of drug-likeness (QED) is 0.307. The fourth-order valence-electron chi connectivity index (χ4n) is 4.58. The Morgan fingerprint density at radius 2 is 1.92 bits per heavy atom. The van der Waals surface area contributed by atoms with Crippen molar-refractivity contribution in [1.29, 1.82) is 0 Å². The molecular formula is C28H31N3O7. The van der Waals surface area contributed by atoms with E-state index in [2.05, 4.69) is 10.3 Å². The van der Waals surface area contributed by atoms with Gasteiger partial charge in [-0.2, -0.15) is 0 Å². The first-order chi connectivity index (χ1) is 18.0. The van der Waals surface area contributed by atoms with Gasteiger partial charge in [0.1, 0.15) is 11.4 Å². The van der Waals surface area contributed by atoms with E-state index in [1.807, 2.05) is 12.1 Å². The normalized spacial score (nSPS) is 19.4. The summed E-state index contributed by atoms with van der Waals surface area (Å²) in [7, 11) is 0. The second-order valence-corrected chi connectivity index (χ2v) is 10.4. The number of carbonyl (C=O) groups excluding carboxylic acids is 4. The van der Waals surface area contributed by atoms with E-state index < -0.39 is 36.2 Å². The number of ether oxygens (including phenoxy) is 2. The first-order valence-corrected chi connectivity index (χ1v) is 12.4. The van der Waals surface area contributed by atoms with Gasteiger partial charge in [-0.3, -0.25) is 19.4 Å². The number of aliphatic hydroxyl groups is 1. The lowest BCUT2D eigenvalue weighted by Gasteiger charge is -2.44. The number of nitrogens with one attached hydrogen (secondary N) is 1. The van der Waals surface area contributed by atoms with Crippen LogP contribution in [-0.4, -0.2) is 57.7 Å². The van der Waals surface area contributed by atoms with Crippen molar-refractivity contribution >= 4 is 29.3 Å². The van der Waals surface area contributed by atoms with E-state index in [4.69, 9.17) is 9.47 Å². The number of rotatable bonds is 8. The zero-order valence-electron chi connectivity index (χ0n) is 21.8. The van der Waals surface area contributed by atoms with E-state index in [9.17, 15) is 24.3 Å². The van der Waals surface area contributed by atoms with Gasteiger partial charge in [0.2, 0.25) is 12.7 Å². The molecule has 2 aliphatic rings. The summed E-state index contributed by atoms with van der Waals surface area (Å²) in [5.41, 5.74) is 1.64. The van der Waals surface area contributed by atoms with Gasteiger partial charge in [0.25, 0.3) is 5.91 Å². The molecule has 38 heavy (non-hydrogen) atoms. The number of pyridine rings is 1. The Kier molecular flexibility index (Phi) is 7.63. The van der Waals surface area contributed by atoms with Crippen molar-refractivity contribution in [2.24, 2.45) is 11.3 Å². The lowest BCUT2D eigenvalue weighted by molar-refractivity contribution is -0.175. The molecule has 1 saturated heterocycles. The fourth-order valence-corrected chi connectivity index (χ4v) is 4.58. The summed E-state index contributed by atoms with van der Waals surface area (Å²) < 4.78 is 10.3. The zero-order valence-corrected chi connectivity index (χ0v) is 21.8. The van der Waals surface area contributed by atoms with E-state index in [1.54, 1.807) is 58.0 Å². The topological polar surface area (TPSA) is 135 Å². The van der Waals surface area contributed by atoms with Crippen LogP contribution >= 0.6 is 0 Å². The van der Waals surface area contributed by atoms with Gasteiger partial charge in [0.15, 0.2) is 0 Å². The Morgan fingerprint density at radius 3 is 2.58 bits per heavy atom. The van der Waals surface area contributed by atoms with Crippen molar-refractivity contribution in [3.05, 3.63) is 71.2 Å². The van der Waals surface area contributed by atoms with Crippen LogP contribution in [0.1, 0.15) is 55.7 Å². The molecule has 0 radical (unpaired) electrons. The van der Waals surface area contributed by atoms with Crippen molar-refractivity contribution in [2.45, 2.75) is 52.8 Å². The molecule has 10 heteroatoms. The average molecular weight is 522 g/mol. The number of nitrogens with zero attached hydrogens (tertiary/aromatic N) is 2. The molecule has 1 fully saturated rings. The summed E-state index contributed by atoms with van der Waals surface area (Å²) in [6.07, 6.45) is 1.01. The summed E-state index contributed by atoms with van der Waals surface area (Å²) in [6, 6.07) is 11.9. The lowest BCUT2D eigenvalue weighted by atomic mass is 9.82. The molecule has 1 aromatic heterocycles. The highest BCUT2D eigenvalue weighted by Gasteiger charge is 2.57. The van der Waals surface area contributed by atoms with Crippen molar-refractivity contribution in [1.82, 2.24) is 15.2 Å². The van der Waals surface area contributed by atoms with Crippen LogP contribution in [0.3, 0.4) is 0 Å². The minimum Gasteiger partial charge on any atom is -0.427 e. The molecule has 1 aromatic carbocycles. The number of aliphatic hydroxyl groups excluding tert-OH is 1. The minimum atomic E-state index is -0.874. The van der Waals surface area contributed by atoms with Gasteiger partial charge in [-0.1, -0.05) is 24.3 Å². The maximum Gasteiger partial charge on any atom is 0.358 e. The fraction of sp³-hybridized carbons (Fsp3) is 0.393. The lowest BCUT2D eigenvalue weighted by Crippen LogP contribution is -2.61. The monoisotopic (exact) mass is 521 g/mol.